The highest BCUT2D eigenvalue weighted by Crippen LogP contribution is 2.10. The lowest BCUT2D eigenvalue weighted by Crippen LogP contribution is -2.02. The van der Waals surface area contributed by atoms with Gasteiger partial charge in [0, 0.05) is 5.92 Å². The summed E-state index contributed by atoms with van der Waals surface area (Å²) >= 11 is 1.61. The molecule has 0 unspecified atom stereocenters. The zero-order valence-corrected chi connectivity index (χ0v) is 7.79. The summed E-state index contributed by atoms with van der Waals surface area (Å²) in [6, 6.07) is 0. The van der Waals surface area contributed by atoms with Crippen LogP contribution in [-0.4, -0.2) is 12.0 Å². The summed E-state index contributed by atoms with van der Waals surface area (Å²) in [7, 11) is 0. The SMILES string of the molecule is CS/C(C)=C\C(=O)C(C)C. The minimum Gasteiger partial charge on any atom is -0.295 e. The van der Waals surface area contributed by atoms with E-state index in [0.29, 0.717) is 0 Å². The molecule has 10 heavy (non-hydrogen) atoms. The van der Waals surface area contributed by atoms with E-state index < -0.39 is 0 Å². The van der Waals surface area contributed by atoms with Crippen LogP contribution >= 0.6 is 11.8 Å². The molecule has 0 N–H and O–H groups in total. The predicted molar refractivity (Wildman–Crippen MR) is 47.1 cm³/mol. The van der Waals surface area contributed by atoms with E-state index in [1.54, 1.807) is 17.8 Å². The van der Waals surface area contributed by atoms with Gasteiger partial charge in [-0.3, -0.25) is 4.79 Å². The van der Waals surface area contributed by atoms with Crippen LogP contribution in [0.5, 0.6) is 0 Å². The first kappa shape index (κ1) is 9.76. The Morgan fingerprint density at radius 2 is 2.00 bits per heavy atom. The van der Waals surface area contributed by atoms with E-state index in [2.05, 4.69) is 0 Å². The van der Waals surface area contributed by atoms with E-state index >= 15 is 0 Å². The molecule has 0 fully saturated rings. The number of allylic oxidation sites excluding steroid dienone is 2. The number of hydrogen-bond donors (Lipinski definition) is 0. The normalized spacial score (nSPS) is 12.3. The predicted octanol–water partition coefficient (Wildman–Crippen LogP) is 2.48. The van der Waals surface area contributed by atoms with Crippen LogP contribution in [0.15, 0.2) is 11.0 Å². The smallest absolute Gasteiger partial charge is 0.158 e. The summed E-state index contributed by atoms with van der Waals surface area (Å²) in [5, 5.41) is 0. The molecule has 2 heteroatoms. The fourth-order valence-corrected chi connectivity index (χ4v) is 0.660. The molecule has 0 saturated carbocycles. The lowest BCUT2D eigenvalue weighted by molar-refractivity contribution is -0.117. The van der Waals surface area contributed by atoms with E-state index in [-0.39, 0.29) is 11.7 Å². The second kappa shape index (κ2) is 4.56. The molecular formula is C8H14OS. The van der Waals surface area contributed by atoms with Crippen molar-refractivity contribution in [3.63, 3.8) is 0 Å². The van der Waals surface area contributed by atoms with Crippen LogP contribution in [0.25, 0.3) is 0 Å². The van der Waals surface area contributed by atoms with Crippen molar-refractivity contribution in [1.29, 1.82) is 0 Å². The zero-order valence-electron chi connectivity index (χ0n) is 6.97. The van der Waals surface area contributed by atoms with Gasteiger partial charge in [0.2, 0.25) is 0 Å². The van der Waals surface area contributed by atoms with Gasteiger partial charge >= 0.3 is 0 Å². The molecule has 0 amide bonds. The van der Waals surface area contributed by atoms with Gasteiger partial charge in [-0.05, 0) is 24.2 Å². The molecule has 0 spiro atoms. The number of hydrogen-bond acceptors (Lipinski definition) is 2. The number of rotatable bonds is 3. The van der Waals surface area contributed by atoms with Crippen molar-refractivity contribution in [2.45, 2.75) is 20.8 Å². The first-order valence-corrected chi connectivity index (χ1v) is 4.56. The van der Waals surface area contributed by atoms with Gasteiger partial charge in [-0.25, -0.2) is 0 Å². The third kappa shape index (κ3) is 3.72. The van der Waals surface area contributed by atoms with Gasteiger partial charge in [0.1, 0.15) is 0 Å². The number of carbonyl (C=O) groups excluding carboxylic acids is 1. The lowest BCUT2D eigenvalue weighted by Gasteiger charge is -1.98. The molecule has 0 aliphatic heterocycles. The molecule has 0 atom stereocenters. The fourth-order valence-electron chi connectivity index (χ4n) is 0.426. The van der Waals surface area contributed by atoms with Crippen molar-refractivity contribution in [1.82, 2.24) is 0 Å². The van der Waals surface area contributed by atoms with Crippen LogP contribution in [0.1, 0.15) is 20.8 Å². The summed E-state index contributed by atoms with van der Waals surface area (Å²) in [4.78, 5) is 12.1. The number of ketones is 1. The maximum atomic E-state index is 11.0. The highest BCUT2D eigenvalue weighted by molar-refractivity contribution is 8.02. The van der Waals surface area contributed by atoms with Gasteiger partial charge in [-0.15, -0.1) is 11.8 Å². The largest absolute Gasteiger partial charge is 0.295 e. The molecule has 58 valence electrons. The van der Waals surface area contributed by atoms with Gasteiger partial charge in [0.05, 0.1) is 0 Å². The Hall–Kier alpha value is -0.240. The van der Waals surface area contributed by atoms with Gasteiger partial charge in [-0.1, -0.05) is 13.8 Å². The average molecular weight is 158 g/mol. The summed E-state index contributed by atoms with van der Waals surface area (Å²) in [6.07, 6.45) is 3.68. The molecule has 0 rings (SSSR count). The van der Waals surface area contributed by atoms with Crippen LogP contribution < -0.4 is 0 Å². The van der Waals surface area contributed by atoms with E-state index in [9.17, 15) is 4.79 Å². The average Bonchev–Trinajstić information content (AvgIpc) is 1.87. The van der Waals surface area contributed by atoms with E-state index in [1.165, 1.54) is 0 Å². The van der Waals surface area contributed by atoms with Gasteiger partial charge < -0.3 is 0 Å². The van der Waals surface area contributed by atoms with E-state index in [0.717, 1.165) is 4.91 Å². The maximum Gasteiger partial charge on any atom is 0.158 e. The Balaban J connectivity index is 4.00. The third-order valence-corrected chi connectivity index (χ3v) is 2.00. The van der Waals surface area contributed by atoms with Crippen molar-refractivity contribution in [2.75, 3.05) is 6.26 Å². The monoisotopic (exact) mass is 158 g/mol. The van der Waals surface area contributed by atoms with Crippen molar-refractivity contribution < 1.29 is 4.79 Å². The standard InChI is InChI=1S/C8H14OS/c1-6(2)8(9)5-7(3)10-4/h5-6H,1-4H3/b7-5-. The van der Waals surface area contributed by atoms with Crippen LogP contribution in [0.3, 0.4) is 0 Å². The van der Waals surface area contributed by atoms with Crippen LogP contribution in [0.4, 0.5) is 0 Å². The molecule has 0 bridgehead atoms. The zero-order chi connectivity index (χ0) is 8.15. The Labute approximate surface area is 66.9 Å². The third-order valence-electron chi connectivity index (χ3n) is 1.24. The molecule has 0 aromatic carbocycles. The highest BCUT2D eigenvalue weighted by Gasteiger charge is 2.02. The number of carbonyl (C=O) groups is 1. The number of thioether (sulfide) groups is 1. The maximum absolute atomic E-state index is 11.0. The molecule has 0 aromatic rings. The Morgan fingerprint density at radius 3 is 2.30 bits per heavy atom. The summed E-state index contributed by atoms with van der Waals surface area (Å²) in [5.41, 5.74) is 0. The molecule has 1 nitrogen and oxygen atoms in total. The molecule has 0 heterocycles. The summed E-state index contributed by atoms with van der Waals surface area (Å²) in [6.45, 7) is 5.77. The second-order valence-electron chi connectivity index (χ2n) is 2.52. The second-order valence-corrected chi connectivity index (χ2v) is 3.57. The van der Waals surface area contributed by atoms with Crippen LogP contribution in [-0.2, 0) is 4.79 Å². The van der Waals surface area contributed by atoms with Gasteiger partial charge in [-0.2, -0.15) is 0 Å². The van der Waals surface area contributed by atoms with E-state index in [4.69, 9.17) is 0 Å². The molecular weight excluding hydrogens is 144 g/mol. The van der Waals surface area contributed by atoms with Crippen molar-refractivity contribution >= 4 is 17.5 Å². The van der Waals surface area contributed by atoms with Gasteiger partial charge in [0.25, 0.3) is 0 Å². The Morgan fingerprint density at radius 1 is 1.50 bits per heavy atom. The molecule has 0 radical (unpaired) electrons. The van der Waals surface area contributed by atoms with Crippen molar-refractivity contribution in [2.24, 2.45) is 5.92 Å². The van der Waals surface area contributed by atoms with Crippen LogP contribution in [0, 0.1) is 5.92 Å². The van der Waals surface area contributed by atoms with E-state index in [1.807, 2.05) is 27.0 Å². The van der Waals surface area contributed by atoms with Crippen LogP contribution in [0.2, 0.25) is 0 Å². The fraction of sp³-hybridized carbons (Fsp3) is 0.625. The first-order valence-electron chi connectivity index (χ1n) is 3.34. The summed E-state index contributed by atoms with van der Waals surface area (Å²) < 4.78 is 0. The molecule has 0 aliphatic carbocycles. The molecule has 0 saturated heterocycles. The summed E-state index contributed by atoms with van der Waals surface area (Å²) in [5.74, 6) is 0.342. The quantitative estimate of drug-likeness (QED) is 0.587. The minimum atomic E-state index is 0.127. The van der Waals surface area contributed by atoms with Crippen molar-refractivity contribution in [3.05, 3.63) is 11.0 Å². The lowest BCUT2D eigenvalue weighted by atomic mass is 10.1. The first-order chi connectivity index (χ1) is 4.57. The Bertz CT molecular complexity index is 147. The molecule has 0 aliphatic rings. The molecule has 0 aromatic heterocycles. The minimum absolute atomic E-state index is 0.127. The Kier molecular flexibility index (Phi) is 4.45. The van der Waals surface area contributed by atoms with Gasteiger partial charge in [0.15, 0.2) is 5.78 Å². The topological polar surface area (TPSA) is 17.1 Å². The van der Waals surface area contributed by atoms with Crippen molar-refractivity contribution in [3.8, 4) is 0 Å². The highest BCUT2D eigenvalue weighted by atomic mass is 32.2.